The van der Waals surface area contributed by atoms with E-state index in [0.717, 1.165) is 35.8 Å². The molecular formula is C28H25ClN2O. The molecule has 0 aliphatic carbocycles. The van der Waals surface area contributed by atoms with Gasteiger partial charge in [-0.05, 0) is 59.1 Å². The third kappa shape index (κ3) is 4.50. The maximum atomic E-state index is 6.24. The molecule has 5 aromatic rings. The summed E-state index contributed by atoms with van der Waals surface area (Å²) >= 11 is 6.13. The Bertz CT molecular complexity index is 1360. The van der Waals surface area contributed by atoms with E-state index in [2.05, 4.69) is 77.2 Å². The van der Waals surface area contributed by atoms with Crippen LogP contribution in [0.3, 0.4) is 0 Å². The molecule has 5 rings (SSSR count). The largest absolute Gasteiger partial charge is 0.489 e. The van der Waals surface area contributed by atoms with Crippen molar-refractivity contribution in [3.63, 3.8) is 0 Å². The summed E-state index contributed by atoms with van der Waals surface area (Å²) in [6, 6.07) is 28.9. The second kappa shape index (κ2) is 9.47. The molecule has 0 amide bonds. The highest BCUT2D eigenvalue weighted by Crippen LogP contribution is 2.29. The second-order valence-corrected chi connectivity index (χ2v) is 8.40. The van der Waals surface area contributed by atoms with Gasteiger partial charge in [0, 0.05) is 34.2 Å². The van der Waals surface area contributed by atoms with Gasteiger partial charge in [-0.2, -0.15) is 0 Å². The predicted molar refractivity (Wildman–Crippen MR) is 133 cm³/mol. The van der Waals surface area contributed by atoms with Crippen LogP contribution in [0.15, 0.2) is 91.1 Å². The third-order valence-corrected chi connectivity index (χ3v) is 6.06. The average molecular weight is 441 g/mol. The van der Waals surface area contributed by atoms with Crippen LogP contribution >= 0.6 is 11.6 Å². The Morgan fingerprint density at radius 2 is 1.69 bits per heavy atom. The number of halogens is 1. The lowest BCUT2D eigenvalue weighted by Gasteiger charge is -2.15. The lowest BCUT2D eigenvalue weighted by atomic mass is 10.0. The molecule has 160 valence electrons. The van der Waals surface area contributed by atoms with E-state index in [-0.39, 0.29) is 0 Å². The number of nitrogens with one attached hydrogen (secondary N) is 2. The predicted octanol–water partition coefficient (Wildman–Crippen LogP) is 6.89. The molecule has 3 nitrogen and oxygen atoms in total. The number of fused-ring (bicyclic) bond motifs is 2. The Kier molecular flexibility index (Phi) is 6.11. The Morgan fingerprint density at radius 3 is 2.59 bits per heavy atom. The van der Waals surface area contributed by atoms with Gasteiger partial charge in [-0.3, -0.25) is 0 Å². The highest BCUT2D eigenvalue weighted by Gasteiger charge is 2.10. The van der Waals surface area contributed by atoms with Crippen LogP contribution in [0.2, 0.25) is 5.02 Å². The van der Waals surface area contributed by atoms with Crippen molar-refractivity contribution in [1.82, 2.24) is 10.3 Å². The summed E-state index contributed by atoms with van der Waals surface area (Å²) in [5.41, 5.74) is 4.77. The monoisotopic (exact) mass is 440 g/mol. The highest BCUT2D eigenvalue weighted by molar-refractivity contribution is 6.30. The molecule has 0 saturated carbocycles. The molecule has 0 aliphatic rings. The van der Waals surface area contributed by atoms with E-state index in [1.165, 1.54) is 32.8 Å². The van der Waals surface area contributed by atoms with E-state index >= 15 is 0 Å². The number of para-hydroxylation sites is 1. The Labute approximate surface area is 193 Å². The number of H-pyrrole nitrogens is 1. The van der Waals surface area contributed by atoms with Crippen LogP contribution in [0, 0.1) is 0 Å². The third-order valence-electron chi connectivity index (χ3n) is 5.83. The Morgan fingerprint density at radius 1 is 0.844 bits per heavy atom. The fraction of sp³-hybridized carbons (Fsp3) is 0.143. The second-order valence-electron chi connectivity index (χ2n) is 7.97. The molecule has 0 spiro atoms. The van der Waals surface area contributed by atoms with Gasteiger partial charge in [-0.15, -0.1) is 0 Å². The van der Waals surface area contributed by atoms with Crippen LogP contribution < -0.4 is 10.1 Å². The number of aromatic nitrogens is 1. The van der Waals surface area contributed by atoms with Crippen LogP contribution in [-0.2, 0) is 19.6 Å². The zero-order chi connectivity index (χ0) is 21.8. The molecule has 4 aromatic carbocycles. The highest BCUT2D eigenvalue weighted by atomic mass is 35.5. The van der Waals surface area contributed by atoms with Crippen molar-refractivity contribution >= 4 is 33.3 Å². The van der Waals surface area contributed by atoms with E-state index in [1.807, 2.05) is 24.3 Å². The van der Waals surface area contributed by atoms with Gasteiger partial charge < -0.3 is 15.0 Å². The molecular weight excluding hydrogens is 416 g/mol. The minimum Gasteiger partial charge on any atom is -0.489 e. The standard InChI is InChI=1S/C28H25ClN2O/c29-23-8-5-6-20(16-23)19-32-28-13-12-21-7-1-2-9-24(21)26(28)18-30-15-14-22-17-31-27-11-4-3-10-25(22)27/h1-13,16-17,30-31H,14-15,18-19H2. The summed E-state index contributed by atoms with van der Waals surface area (Å²) in [5.74, 6) is 0.906. The van der Waals surface area contributed by atoms with E-state index in [4.69, 9.17) is 16.3 Å². The first-order valence-electron chi connectivity index (χ1n) is 10.9. The molecule has 0 bridgehead atoms. The molecule has 4 heteroatoms. The van der Waals surface area contributed by atoms with Crippen molar-refractivity contribution in [2.45, 2.75) is 19.6 Å². The van der Waals surface area contributed by atoms with Crippen molar-refractivity contribution in [3.8, 4) is 5.75 Å². The van der Waals surface area contributed by atoms with Gasteiger partial charge in [0.25, 0.3) is 0 Å². The summed E-state index contributed by atoms with van der Waals surface area (Å²) in [7, 11) is 0. The van der Waals surface area contributed by atoms with Crippen LogP contribution in [0.5, 0.6) is 5.75 Å². The molecule has 32 heavy (non-hydrogen) atoms. The van der Waals surface area contributed by atoms with E-state index in [0.29, 0.717) is 6.61 Å². The van der Waals surface area contributed by atoms with Crippen molar-refractivity contribution in [2.24, 2.45) is 0 Å². The number of ether oxygens (including phenoxy) is 1. The number of hydrogen-bond acceptors (Lipinski definition) is 2. The minimum absolute atomic E-state index is 0.487. The van der Waals surface area contributed by atoms with Gasteiger partial charge in [0.15, 0.2) is 0 Å². The van der Waals surface area contributed by atoms with Crippen LogP contribution in [0.4, 0.5) is 0 Å². The first-order valence-corrected chi connectivity index (χ1v) is 11.3. The number of aromatic amines is 1. The zero-order valence-corrected chi connectivity index (χ0v) is 18.5. The van der Waals surface area contributed by atoms with Gasteiger partial charge in [-0.25, -0.2) is 0 Å². The SMILES string of the molecule is Clc1cccc(COc2ccc3ccccc3c2CNCCc2c[nH]c3ccccc23)c1. The summed E-state index contributed by atoms with van der Waals surface area (Å²) in [5, 5.41) is 8.09. The fourth-order valence-electron chi connectivity index (χ4n) is 4.20. The molecule has 0 atom stereocenters. The molecule has 2 N–H and O–H groups in total. The lowest BCUT2D eigenvalue weighted by molar-refractivity contribution is 0.303. The molecule has 1 heterocycles. The maximum absolute atomic E-state index is 6.24. The fourth-order valence-corrected chi connectivity index (χ4v) is 4.41. The van der Waals surface area contributed by atoms with Gasteiger partial charge in [0.1, 0.15) is 12.4 Å². The molecule has 0 aliphatic heterocycles. The summed E-state index contributed by atoms with van der Waals surface area (Å²) < 4.78 is 6.24. The molecule has 1 aromatic heterocycles. The molecule has 0 unspecified atom stereocenters. The minimum atomic E-state index is 0.487. The summed E-state index contributed by atoms with van der Waals surface area (Å²) in [6.45, 7) is 2.12. The van der Waals surface area contributed by atoms with E-state index < -0.39 is 0 Å². The van der Waals surface area contributed by atoms with Crippen molar-refractivity contribution in [2.75, 3.05) is 6.54 Å². The van der Waals surface area contributed by atoms with Crippen molar-refractivity contribution < 1.29 is 4.74 Å². The van der Waals surface area contributed by atoms with Crippen molar-refractivity contribution in [3.05, 3.63) is 113 Å². The quantitative estimate of drug-likeness (QED) is 0.258. The number of benzene rings is 4. The smallest absolute Gasteiger partial charge is 0.124 e. The normalized spacial score (nSPS) is 11.3. The maximum Gasteiger partial charge on any atom is 0.124 e. The number of hydrogen-bond donors (Lipinski definition) is 2. The topological polar surface area (TPSA) is 37.0 Å². The van der Waals surface area contributed by atoms with Crippen LogP contribution in [0.25, 0.3) is 21.7 Å². The van der Waals surface area contributed by atoms with Gasteiger partial charge in [0.2, 0.25) is 0 Å². The number of rotatable bonds is 8. The summed E-state index contributed by atoms with van der Waals surface area (Å²) in [6.07, 6.45) is 3.08. The molecule has 0 fully saturated rings. The van der Waals surface area contributed by atoms with Crippen LogP contribution in [0.1, 0.15) is 16.7 Å². The van der Waals surface area contributed by atoms with Crippen molar-refractivity contribution in [1.29, 1.82) is 0 Å². The first-order chi connectivity index (χ1) is 15.8. The molecule has 0 saturated heterocycles. The van der Waals surface area contributed by atoms with E-state index in [9.17, 15) is 0 Å². The molecule has 0 radical (unpaired) electrons. The van der Waals surface area contributed by atoms with Crippen LogP contribution in [-0.4, -0.2) is 11.5 Å². The zero-order valence-electron chi connectivity index (χ0n) is 17.8. The Balaban J connectivity index is 1.31. The van der Waals surface area contributed by atoms with Gasteiger partial charge in [-0.1, -0.05) is 72.3 Å². The van der Waals surface area contributed by atoms with Gasteiger partial charge in [0.05, 0.1) is 0 Å². The first kappa shape index (κ1) is 20.6. The summed E-state index contributed by atoms with van der Waals surface area (Å²) in [4.78, 5) is 3.36. The van der Waals surface area contributed by atoms with Gasteiger partial charge >= 0.3 is 0 Å². The average Bonchev–Trinajstić information content (AvgIpc) is 3.24. The lowest BCUT2D eigenvalue weighted by Crippen LogP contribution is -2.17. The van der Waals surface area contributed by atoms with E-state index in [1.54, 1.807) is 0 Å². The Hall–Kier alpha value is -3.27.